The Morgan fingerprint density at radius 1 is 0.867 bits per heavy atom. The number of fused-ring (bicyclic) bond motifs is 3. The van der Waals surface area contributed by atoms with Gasteiger partial charge in [-0.3, -0.25) is 4.79 Å². The van der Waals surface area contributed by atoms with Crippen molar-refractivity contribution in [1.29, 1.82) is 0 Å². The number of anilines is 2. The lowest BCUT2D eigenvalue weighted by Gasteiger charge is -2.28. The number of para-hydroxylation sites is 2. The maximum Gasteiger partial charge on any atom is 0.265 e. The van der Waals surface area contributed by atoms with E-state index in [-0.39, 0.29) is 17.2 Å². The highest BCUT2D eigenvalue weighted by Gasteiger charge is 2.34. The lowest BCUT2D eigenvalue weighted by Crippen LogP contribution is -2.31. The third-order valence-corrected chi connectivity index (χ3v) is 5.10. The van der Waals surface area contributed by atoms with Crippen molar-refractivity contribution in [2.45, 2.75) is 26.2 Å². The average molecular weight is 396 g/mol. The minimum atomic E-state index is -0.232. The highest BCUT2D eigenvalue weighted by Crippen LogP contribution is 2.44. The van der Waals surface area contributed by atoms with E-state index in [0.29, 0.717) is 34.0 Å². The van der Waals surface area contributed by atoms with E-state index in [0.717, 1.165) is 5.56 Å². The Hall–Kier alpha value is -3.80. The zero-order valence-electron chi connectivity index (χ0n) is 17.0. The summed E-state index contributed by atoms with van der Waals surface area (Å²) in [6.07, 6.45) is 1.63. The summed E-state index contributed by atoms with van der Waals surface area (Å²) in [5.41, 5.74) is 3.09. The molecule has 1 aliphatic rings. The molecule has 2 aromatic heterocycles. The molecule has 30 heavy (non-hydrogen) atoms. The topological polar surface area (TPSA) is 68.2 Å². The van der Waals surface area contributed by atoms with Crippen LogP contribution in [0.3, 0.4) is 0 Å². The van der Waals surface area contributed by atoms with E-state index in [2.05, 4.69) is 35.7 Å². The molecule has 1 amide bonds. The lowest BCUT2D eigenvalue weighted by atomic mass is 9.86. The molecule has 0 unspecified atom stereocenters. The van der Waals surface area contributed by atoms with Crippen LogP contribution in [-0.2, 0) is 5.41 Å². The van der Waals surface area contributed by atoms with Crippen molar-refractivity contribution in [1.82, 2.24) is 15.0 Å². The van der Waals surface area contributed by atoms with Crippen molar-refractivity contribution >= 4 is 28.6 Å². The predicted octanol–water partition coefficient (Wildman–Crippen LogP) is 5.41. The van der Waals surface area contributed by atoms with Crippen LogP contribution in [0.15, 0.2) is 66.9 Å². The van der Waals surface area contributed by atoms with Crippen LogP contribution in [0.5, 0.6) is 11.6 Å². The number of hydrogen-bond donors (Lipinski definition) is 0. The van der Waals surface area contributed by atoms with Crippen LogP contribution in [0.1, 0.15) is 36.7 Å². The normalized spacial score (nSPS) is 12.8. The molecular weight excluding hydrogens is 376 g/mol. The van der Waals surface area contributed by atoms with E-state index < -0.39 is 0 Å². The quantitative estimate of drug-likeness (QED) is 0.430. The van der Waals surface area contributed by atoms with Crippen molar-refractivity contribution < 1.29 is 9.53 Å². The first kappa shape index (κ1) is 18.2. The fraction of sp³-hybridized carbons (Fsp3) is 0.167. The van der Waals surface area contributed by atoms with Crippen molar-refractivity contribution in [2.24, 2.45) is 0 Å². The highest BCUT2D eigenvalue weighted by atomic mass is 16.5. The van der Waals surface area contributed by atoms with Crippen molar-refractivity contribution in [3.63, 3.8) is 0 Å². The highest BCUT2D eigenvalue weighted by molar-refractivity contribution is 6.12. The fourth-order valence-corrected chi connectivity index (χ4v) is 3.46. The standard InChI is InChI=1S/C24H20N4O2/c1-24(2,3)16-12-10-15(11-13-16)23(29)28-20-19(9-6-14-25-20)30-22-21(28)26-17-7-4-5-8-18(17)27-22/h4-14H,1-3H3. The van der Waals surface area contributed by atoms with Gasteiger partial charge in [0, 0.05) is 11.8 Å². The zero-order valence-corrected chi connectivity index (χ0v) is 17.0. The SMILES string of the molecule is CC(C)(C)c1ccc(C(=O)N2c3ncccc3Oc3nc4ccccc4nc32)cc1. The molecule has 6 nitrogen and oxygen atoms in total. The lowest BCUT2D eigenvalue weighted by molar-refractivity contribution is 0.0995. The van der Waals surface area contributed by atoms with E-state index in [1.165, 1.54) is 4.90 Å². The van der Waals surface area contributed by atoms with E-state index in [1.807, 2.05) is 48.5 Å². The Labute approximate surface area is 174 Å². The molecule has 0 N–H and O–H groups in total. The van der Waals surface area contributed by atoms with Crippen LogP contribution in [0.4, 0.5) is 11.6 Å². The number of carbonyl (C=O) groups is 1. The molecule has 1 aliphatic heterocycles. The maximum atomic E-state index is 13.6. The summed E-state index contributed by atoms with van der Waals surface area (Å²) in [5, 5.41) is 0. The number of amides is 1. The molecule has 3 heterocycles. The number of ether oxygens (including phenoxy) is 1. The third kappa shape index (κ3) is 2.97. The van der Waals surface area contributed by atoms with Gasteiger partial charge in [-0.05, 0) is 47.4 Å². The van der Waals surface area contributed by atoms with Gasteiger partial charge in [0.2, 0.25) is 5.82 Å². The smallest absolute Gasteiger partial charge is 0.265 e. The molecule has 0 fully saturated rings. The van der Waals surface area contributed by atoms with E-state index in [4.69, 9.17) is 4.74 Å². The molecule has 148 valence electrons. The summed E-state index contributed by atoms with van der Waals surface area (Å²) in [4.78, 5) is 28.7. The minimum absolute atomic E-state index is 0.00564. The van der Waals surface area contributed by atoms with Gasteiger partial charge in [-0.2, -0.15) is 0 Å². The number of aromatic nitrogens is 3. The third-order valence-electron chi connectivity index (χ3n) is 5.10. The molecule has 0 atom stereocenters. The Morgan fingerprint density at radius 2 is 1.57 bits per heavy atom. The summed E-state index contributed by atoms with van der Waals surface area (Å²) in [5.74, 6) is 1.26. The second kappa shape index (κ2) is 6.62. The summed E-state index contributed by atoms with van der Waals surface area (Å²) in [6.45, 7) is 6.43. The predicted molar refractivity (Wildman–Crippen MR) is 115 cm³/mol. The first-order chi connectivity index (χ1) is 14.4. The number of hydrogen-bond acceptors (Lipinski definition) is 5. The van der Waals surface area contributed by atoms with Gasteiger partial charge in [0.05, 0.1) is 11.0 Å². The van der Waals surface area contributed by atoms with Gasteiger partial charge in [-0.1, -0.05) is 45.0 Å². The Bertz CT molecular complexity index is 1280. The first-order valence-corrected chi connectivity index (χ1v) is 9.76. The second-order valence-electron chi connectivity index (χ2n) is 8.24. The Kier molecular flexibility index (Phi) is 4.03. The zero-order chi connectivity index (χ0) is 20.9. The van der Waals surface area contributed by atoms with Gasteiger partial charge in [0.1, 0.15) is 0 Å². The molecule has 0 saturated carbocycles. The van der Waals surface area contributed by atoms with Crippen molar-refractivity contribution in [3.8, 4) is 11.6 Å². The van der Waals surface area contributed by atoms with Crippen LogP contribution in [0, 0.1) is 0 Å². The molecule has 2 aromatic carbocycles. The van der Waals surface area contributed by atoms with Gasteiger partial charge in [-0.25, -0.2) is 19.9 Å². The molecule has 5 rings (SSSR count). The minimum Gasteiger partial charge on any atom is -0.432 e. The van der Waals surface area contributed by atoms with Crippen LogP contribution in [0.2, 0.25) is 0 Å². The Balaban J connectivity index is 1.65. The van der Waals surface area contributed by atoms with Gasteiger partial charge in [0.25, 0.3) is 11.8 Å². The monoisotopic (exact) mass is 396 g/mol. The van der Waals surface area contributed by atoms with Crippen LogP contribution >= 0.6 is 0 Å². The molecule has 0 bridgehead atoms. The fourth-order valence-electron chi connectivity index (χ4n) is 3.46. The van der Waals surface area contributed by atoms with Gasteiger partial charge < -0.3 is 4.74 Å². The number of benzene rings is 2. The van der Waals surface area contributed by atoms with Crippen LogP contribution < -0.4 is 9.64 Å². The summed E-state index contributed by atoms with van der Waals surface area (Å²) < 4.78 is 5.94. The molecule has 6 heteroatoms. The number of rotatable bonds is 1. The van der Waals surface area contributed by atoms with Crippen molar-refractivity contribution in [3.05, 3.63) is 78.0 Å². The van der Waals surface area contributed by atoms with Gasteiger partial charge in [0.15, 0.2) is 11.6 Å². The first-order valence-electron chi connectivity index (χ1n) is 9.76. The summed E-state index contributed by atoms with van der Waals surface area (Å²) in [6, 6.07) is 18.7. The number of pyridine rings is 1. The molecule has 0 saturated heterocycles. The van der Waals surface area contributed by atoms with Crippen molar-refractivity contribution in [2.75, 3.05) is 4.90 Å². The average Bonchev–Trinajstić information content (AvgIpc) is 2.75. The largest absolute Gasteiger partial charge is 0.432 e. The van der Waals surface area contributed by atoms with Crippen LogP contribution in [0.25, 0.3) is 11.0 Å². The summed E-state index contributed by atoms with van der Waals surface area (Å²) >= 11 is 0. The van der Waals surface area contributed by atoms with Crippen LogP contribution in [-0.4, -0.2) is 20.9 Å². The molecule has 4 aromatic rings. The number of carbonyl (C=O) groups excluding carboxylic acids is 1. The summed E-state index contributed by atoms with van der Waals surface area (Å²) in [7, 11) is 0. The second-order valence-corrected chi connectivity index (χ2v) is 8.24. The van der Waals surface area contributed by atoms with E-state index in [9.17, 15) is 4.79 Å². The molecular formula is C24H20N4O2. The molecule has 0 radical (unpaired) electrons. The Morgan fingerprint density at radius 3 is 2.27 bits per heavy atom. The number of nitrogens with zero attached hydrogens (tertiary/aromatic N) is 4. The van der Waals surface area contributed by atoms with E-state index in [1.54, 1.807) is 18.3 Å². The van der Waals surface area contributed by atoms with E-state index >= 15 is 0 Å². The molecule has 0 aliphatic carbocycles. The maximum absolute atomic E-state index is 13.6. The molecule has 0 spiro atoms. The van der Waals surface area contributed by atoms with Gasteiger partial charge >= 0.3 is 0 Å². The van der Waals surface area contributed by atoms with Gasteiger partial charge in [-0.15, -0.1) is 0 Å².